The summed E-state index contributed by atoms with van der Waals surface area (Å²) in [5, 5.41) is 3.08. The Bertz CT molecular complexity index is 510. The standard InChI is InChI=1S/C16H25N3OS/c1-11(2)13-8-12(9-14(17)19-13)15(20)18-10-16(21-3)6-4-5-7-16/h8-9,11H,4-7,10H2,1-3H3,(H2,17,19)(H,18,20). The summed E-state index contributed by atoms with van der Waals surface area (Å²) in [4.78, 5) is 16.7. The van der Waals surface area contributed by atoms with E-state index in [-0.39, 0.29) is 16.6 Å². The van der Waals surface area contributed by atoms with Crippen LogP contribution in [0, 0.1) is 0 Å². The molecule has 0 unspecified atom stereocenters. The zero-order valence-electron chi connectivity index (χ0n) is 13.1. The van der Waals surface area contributed by atoms with Crippen molar-refractivity contribution in [3.8, 4) is 0 Å². The molecule has 3 N–H and O–H groups in total. The molecule has 1 heterocycles. The fourth-order valence-electron chi connectivity index (χ4n) is 2.82. The first-order chi connectivity index (χ1) is 9.96. The quantitative estimate of drug-likeness (QED) is 0.876. The van der Waals surface area contributed by atoms with Crippen molar-refractivity contribution in [1.29, 1.82) is 0 Å². The molecule has 1 saturated carbocycles. The Balaban J connectivity index is 2.06. The largest absolute Gasteiger partial charge is 0.384 e. The van der Waals surface area contributed by atoms with Gasteiger partial charge in [0.05, 0.1) is 0 Å². The molecule has 5 heteroatoms. The molecule has 1 amide bonds. The van der Waals surface area contributed by atoms with Gasteiger partial charge in [0, 0.05) is 22.5 Å². The van der Waals surface area contributed by atoms with Crippen molar-refractivity contribution in [2.45, 2.75) is 50.2 Å². The van der Waals surface area contributed by atoms with Crippen LogP contribution in [0.25, 0.3) is 0 Å². The fraction of sp³-hybridized carbons (Fsp3) is 0.625. The van der Waals surface area contributed by atoms with Crippen molar-refractivity contribution in [1.82, 2.24) is 10.3 Å². The number of carbonyl (C=O) groups is 1. The summed E-state index contributed by atoms with van der Waals surface area (Å²) in [6.07, 6.45) is 7.03. The Hall–Kier alpha value is -1.23. The van der Waals surface area contributed by atoms with E-state index in [4.69, 9.17) is 5.73 Å². The van der Waals surface area contributed by atoms with Gasteiger partial charge in [-0.1, -0.05) is 26.7 Å². The van der Waals surface area contributed by atoms with Crippen molar-refractivity contribution in [3.63, 3.8) is 0 Å². The van der Waals surface area contributed by atoms with E-state index in [1.807, 2.05) is 31.7 Å². The fourth-order valence-corrected chi connectivity index (χ4v) is 3.73. The van der Waals surface area contributed by atoms with E-state index in [0.29, 0.717) is 11.4 Å². The first kappa shape index (κ1) is 16.1. The van der Waals surface area contributed by atoms with Gasteiger partial charge in [0.2, 0.25) is 0 Å². The highest BCUT2D eigenvalue weighted by molar-refractivity contribution is 8.00. The van der Waals surface area contributed by atoms with Gasteiger partial charge in [0.1, 0.15) is 5.82 Å². The lowest BCUT2D eigenvalue weighted by Crippen LogP contribution is -2.38. The zero-order chi connectivity index (χ0) is 15.5. The number of nitrogens with two attached hydrogens (primary N) is 1. The molecule has 0 aliphatic heterocycles. The second kappa shape index (κ2) is 6.69. The second-order valence-corrected chi connectivity index (χ2v) is 7.41. The number of rotatable bonds is 5. The van der Waals surface area contributed by atoms with E-state index in [2.05, 4.69) is 16.6 Å². The maximum absolute atomic E-state index is 12.4. The van der Waals surface area contributed by atoms with E-state index in [1.165, 1.54) is 25.7 Å². The lowest BCUT2D eigenvalue weighted by Gasteiger charge is -2.27. The van der Waals surface area contributed by atoms with E-state index in [9.17, 15) is 4.79 Å². The minimum atomic E-state index is -0.0497. The van der Waals surface area contributed by atoms with E-state index in [0.717, 1.165) is 12.2 Å². The Morgan fingerprint density at radius 1 is 1.43 bits per heavy atom. The first-order valence-corrected chi connectivity index (χ1v) is 8.79. The van der Waals surface area contributed by atoms with Crippen molar-refractivity contribution in [2.24, 2.45) is 0 Å². The van der Waals surface area contributed by atoms with Crippen LogP contribution >= 0.6 is 11.8 Å². The van der Waals surface area contributed by atoms with Crippen LogP contribution in [0.3, 0.4) is 0 Å². The molecule has 1 aromatic heterocycles. The summed E-state index contributed by atoms with van der Waals surface area (Å²) >= 11 is 1.88. The summed E-state index contributed by atoms with van der Waals surface area (Å²) in [7, 11) is 0. The number of hydrogen-bond donors (Lipinski definition) is 2. The third kappa shape index (κ3) is 3.90. The number of pyridine rings is 1. The number of nitrogens with zero attached hydrogens (tertiary/aromatic N) is 1. The van der Waals surface area contributed by atoms with E-state index >= 15 is 0 Å². The van der Waals surface area contributed by atoms with Crippen LogP contribution in [0.15, 0.2) is 12.1 Å². The summed E-state index contributed by atoms with van der Waals surface area (Å²) in [5.41, 5.74) is 7.28. The number of aromatic nitrogens is 1. The average molecular weight is 307 g/mol. The van der Waals surface area contributed by atoms with E-state index in [1.54, 1.807) is 6.07 Å². The molecule has 116 valence electrons. The third-order valence-corrected chi connectivity index (χ3v) is 5.66. The lowest BCUT2D eigenvalue weighted by molar-refractivity contribution is 0.0949. The van der Waals surface area contributed by atoms with Crippen LogP contribution in [0.4, 0.5) is 5.82 Å². The lowest BCUT2D eigenvalue weighted by atomic mass is 10.1. The molecule has 2 rings (SSSR count). The molecule has 1 aliphatic rings. The Morgan fingerprint density at radius 2 is 2.10 bits per heavy atom. The average Bonchev–Trinajstić information content (AvgIpc) is 2.93. The Kier molecular flexibility index (Phi) is 5.14. The topological polar surface area (TPSA) is 68.0 Å². The van der Waals surface area contributed by atoms with Crippen molar-refractivity contribution < 1.29 is 4.79 Å². The number of carbonyl (C=O) groups excluding carboxylic acids is 1. The van der Waals surface area contributed by atoms with Crippen LogP contribution in [-0.2, 0) is 0 Å². The van der Waals surface area contributed by atoms with Gasteiger partial charge in [0.25, 0.3) is 5.91 Å². The normalized spacial score (nSPS) is 17.1. The van der Waals surface area contributed by atoms with Gasteiger partial charge in [-0.25, -0.2) is 4.98 Å². The number of amides is 1. The first-order valence-electron chi connectivity index (χ1n) is 7.56. The zero-order valence-corrected chi connectivity index (χ0v) is 13.9. The second-order valence-electron chi connectivity index (χ2n) is 6.14. The predicted octanol–water partition coefficient (Wildman–Crippen LogP) is 3.19. The monoisotopic (exact) mass is 307 g/mol. The maximum atomic E-state index is 12.4. The molecule has 0 atom stereocenters. The van der Waals surface area contributed by atoms with Crippen LogP contribution in [-0.4, -0.2) is 28.4 Å². The SMILES string of the molecule is CSC1(CNC(=O)c2cc(N)nc(C(C)C)c2)CCCC1. The van der Waals surface area contributed by atoms with Crippen molar-refractivity contribution >= 4 is 23.5 Å². The maximum Gasteiger partial charge on any atom is 0.251 e. The van der Waals surface area contributed by atoms with Crippen LogP contribution in [0.5, 0.6) is 0 Å². The van der Waals surface area contributed by atoms with Gasteiger partial charge in [0.15, 0.2) is 0 Å². The number of thioether (sulfide) groups is 1. The molecule has 0 saturated heterocycles. The molecule has 21 heavy (non-hydrogen) atoms. The van der Waals surface area contributed by atoms with Crippen LogP contribution in [0.2, 0.25) is 0 Å². The van der Waals surface area contributed by atoms with Crippen molar-refractivity contribution in [3.05, 3.63) is 23.4 Å². The molecule has 0 radical (unpaired) electrons. The Labute approximate surface area is 131 Å². The highest BCUT2D eigenvalue weighted by Gasteiger charge is 2.33. The molecule has 1 aromatic rings. The third-order valence-electron chi connectivity index (χ3n) is 4.24. The van der Waals surface area contributed by atoms with Gasteiger partial charge in [-0.2, -0.15) is 11.8 Å². The number of anilines is 1. The van der Waals surface area contributed by atoms with Crippen LogP contribution < -0.4 is 11.1 Å². The molecule has 0 spiro atoms. The summed E-state index contributed by atoms with van der Waals surface area (Å²) < 4.78 is 0.217. The Morgan fingerprint density at radius 3 is 2.67 bits per heavy atom. The summed E-state index contributed by atoms with van der Waals surface area (Å²) in [6.45, 7) is 4.82. The summed E-state index contributed by atoms with van der Waals surface area (Å²) in [6, 6.07) is 3.50. The number of hydrogen-bond acceptors (Lipinski definition) is 4. The van der Waals surface area contributed by atoms with Gasteiger partial charge in [-0.05, 0) is 37.1 Å². The van der Waals surface area contributed by atoms with E-state index < -0.39 is 0 Å². The molecular weight excluding hydrogens is 282 g/mol. The molecule has 1 fully saturated rings. The number of nitrogens with one attached hydrogen (secondary N) is 1. The molecule has 1 aliphatic carbocycles. The minimum Gasteiger partial charge on any atom is -0.384 e. The highest BCUT2D eigenvalue weighted by atomic mass is 32.2. The van der Waals surface area contributed by atoms with Crippen LogP contribution in [0.1, 0.15) is 61.5 Å². The minimum absolute atomic E-state index is 0.0497. The molecule has 0 bridgehead atoms. The van der Waals surface area contributed by atoms with Crippen molar-refractivity contribution in [2.75, 3.05) is 18.5 Å². The number of nitrogen functional groups attached to an aromatic ring is 1. The van der Waals surface area contributed by atoms with Gasteiger partial charge in [-0.15, -0.1) is 0 Å². The smallest absolute Gasteiger partial charge is 0.251 e. The molecular formula is C16H25N3OS. The molecule has 0 aromatic carbocycles. The highest BCUT2D eigenvalue weighted by Crippen LogP contribution is 2.39. The van der Waals surface area contributed by atoms with Gasteiger partial charge in [-0.3, -0.25) is 4.79 Å². The predicted molar refractivity (Wildman–Crippen MR) is 89.8 cm³/mol. The summed E-state index contributed by atoms with van der Waals surface area (Å²) in [5.74, 6) is 0.616. The van der Waals surface area contributed by atoms with Gasteiger partial charge >= 0.3 is 0 Å². The molecule has 4 nitrogen and oxygen atoms in total. The van der Waals surface area contributed by atoms with Gasteiger partial charge < -0.3 is 11.1 Å².